The molecular formula is C72H168Cr3N6O12. The molecule has 0 aliphatic heterocycles. The van der Waals surface area contributed by atoms with Crippen LogP contribution in [0.1, 0.15) is 356 Å². The summed E-state index contributed by atoms with van der Waals surface area (Å²) in [4.78, 5) is 11.0. The Morgan fingerprint density at radius 3 is 0.226 bits per heavy atom. The van der Waals surface area contributed by atoms with E-state index in [2.05, 4.69) is 125 Å². The van der Waals surface area contributed by atoms with Gasteiger partial charge in [-0.15, -0.1) is 0 Å². The van der Waals surface area contributed by atoms with E-state index in [1.807, 2.05) is 29.4 Å². The molecule has 0 heterocycles. The molecule has 0 unspecified atom stereocenters. The summed E-state index contributed by atoms with van der Waals surface area (Å²) < 4.78 is 103. The molecular weight excluding hydrogens is 1300 g/mol. The molecule has 6 N–H and O–H groups in total. The first-order valence-corrected chi connectivity index (χ1v) is 45.3. The summed E-state index contributed by atoms with van der Waals surface area (Å²) in [5.74, 6) is 0. The van der Waals surface area contributed by atoms with Crippen molar-refractivity contribution in [3.63, 3.8) is 0 Å². The molecule has 18 nitrogen and oxygen atoms in total. The Morgan fingerprint density at radius 2 is 0.194 bits per heavy atom. The van der Waals surface area contributed by atoms with Crippen molar-refractivity contribution < 1.29 is 118 Å². The van der Waals surface area contributed by atoms with Gasteiger partial charge in [0.15, 0.2) is 0 Å². The SMILES string of the molecule is CCCC[NH+](CCCC)CCCC.CCCC[NH+](CCCC)CCCC.CCCC[NH+](CCCC)CCCC.CCCC[NH+](CCCC)CCCC.CCCC[NH+](CCCC)CCCC.CCCC[NH+](CCCC)CCCC.[O]=[Cr](=[O])([O-])[O-].[O]=[Cr](=[O])([O-])[O-].[O]=[Cr](=[O])([O-])[O-]. The molecule has 0 bridgehead atoms. The quantitative estimate of drug-likeness (QED) is 0.0424. The van der Waals surface area contributed by atoms with Crippen LogP contribution in [-0.4, -0.2) is 118 Å². The van der Waals surface area contributed by atoms with Gasteiger partial charge in [0.2, 0.25) is 0 Å². The van der Waals surface area contributed by atoms with Crippen molar-refractivity contribution in [2.45, 2.75) is 356 Å². The van der Waals surface area contributed by atoms with Gasteiger partial charge >= 0.3 is 88.6 Å². The van der Waals surface area contributed by atoms with Crippen LogP contribution in [0.5, 0.6) is 0 Å². The van der Waals surface area contributed by atoms with Crippen LogP contribution in [-0.2, 0) is 63.7 Å². The number of hydrogen-bond donors (Lipinski definition) is 6. The molecule has 0 spiro atoms. The summed E-state index contributed by atoms with van der Waals surface area (Å²) in [6.07, 6.45) is 49.6. The Balaban J connectivity index is -0.000000124. The van der Waals surface area contributed by atoms with E-state index in [4.69, 9.17) is 47.8 Å². The number of nitrogens with one attached hydrogen (secondary N) is 6. The van der Waals surface area contributed by atoms with Crippen LogP contribution in [0.4, 0.5) is 0 Å². The van der Waals surface area contributed by atoms with E-state index in [1.165, 1.54) is 349 Å². The fraction of sp³-hybridized carbons (Fsp3) is 1.00. The van der Waals surface area contributed by atoms with Crippen LogP contribution in [0, 0.1) is 0 Å². The molecule has 0 radical (unpaired) electrons. The summed E-state index contributed by atoms with van der Waals surface area (Å²) in [5.41, 5.74) is 0. The molecule has 0 aliphatic carbocycles. The summed E-state index contributed by atoms with van der Waals surface area (Å²) >= 11 is -17.2. The molecule has 0 atom stereocenters. The zero-order valence-corrected chi connectivity index (χ0v) is 69.1. The number of quaternary nitrogens is 6. The first-order valence-electron chi connectivity index (χ1n) is 39.1. The third-order valence-electron chi connectivity index (χ3n) is 15.9. The minimum atomic E-state index is -5.75. The summed E-state index contributed by atoms with van der Waals surface area (Å²) in [5, 5.41) is 0. The number of rotatable bonds is 54. The van der Waals surface area contributed by atoms with E-state index < -0.39 is 40.8 Å². The number of hydrogen-bond acceptors (Lipinski definition) is 12. The Labute approximate surface area is 587 Å². The van der Waals surface area contributed by atoms with E-state index in [0.717, 1.165) is 0 Å². The number of unbranched alkanes of at least 4 members (excludes halogenated alkanes) is 18. The van der Waals surface area contributed by atoms with Gasteiger partial charge in [-0.05, 0) is 116 Å². The molecule has 0 fully saturated rings. The van der Waals surface area contributed by atoms with E-state index in [-0.39, 0.29) is 0 Å². The molecule has 0 aromatic carbocycles. The summed E-state index contributed by atoms with van der Waals surface area (Å²) in [6, 6.07) is 0. The van der Waals surface area contributed by atoms with Gasteiger partial charge in [-0.1, -0.05) is 240 Å². The average Bonchev–Trinajstić information content (AvgIpc) is 3.58. The van der Waals surface area contributed by atoms with Crippen molar-refractivity contribution in [2.75, 3.05) is 118 Å². The van der Waals surface area contributed by atoms with Gasteiger partial charge in [-0.2, -0.15) is 0 Å². The fourth-order valence-corrected chi connectivity index (χ4v) is 9.93. The third kappa shape index (κ3) is 144. The van der Waals surface area contributed by atoms with Crippen molar-refractivity contribution in [3.8, 4) is 0 Å². The first-order chi connectivity index (χ1) is 44.1. The molecule has 0 rings (SSSR count). The Kier molecular flexibility index (Phi) is 113. The van der Waals surface area contributed by atoms with Gasteiger partial charge in [-0.3, -0.25) is 0 Å². The molecule has 0 aliphatic rings. The maximum absolute atomic E-state index is 8.59. The normalized spacial score (nSPS) is 11.2. The first kappa shape index (κ1) is 111. The predicted octanol–water partition coefficient (Wildman–Crippen LogP) is 5.78. The maximum atomic E-state index is 8.59. The Hall–Kier alpha value is -0.0826. The summed E-state index contributed by atoms with van der Waals surface area (Å²) in [7, 11) is 0. The van der Waals surface area contributed by atoms with Crippen molar-refractivity contribution in [3.05, 3.63) is 0 Å². The average molecular weight is 1470 g/mol. The van der Waals surface area contributed by atoms with Gasteiger partial charge < -0.3 is 29.4 Å². The van der Waals surface area contributed by atoms with E-state index in [9.17, 15) is 0 Å². The second kappa shape index (κ2) is 94.0. The molecule has 0 amide bonds. The van der Waals surface area contributed by atoms with E-state index in [0.29, 0.717) is 0 Å². The fourth-order valence-electron chi connectivity index (χ4n) is 9.93. The minimum absolute atomic E-state index is 1.35. The molecule has 21 heteroatoms. The molecule has 576 valence electrons. The van der Waals surface area contributed by atoms with Crippen molar-refractivity contribution in [2.24, 2.45) is 0 Å². The van der Waals surface area contributed by atoms with Crippen molar-refractivity contribution >= 4 is 0 Å². The zero-order valence-electron chi connectivity index (χ0n) is 65.3. The Morgan fingerprint density at radius 1 is 0.151 bits per heavy atom. The van der Waals surface area contributed by atoms with Gasteiger partial charge in [0.25, 0.3) is 0 Å². The van der Waals surface area contributed by atoms with E-state index >= 15 is 0 Å². The van der Waals surface area contributed by atoms with Crippen molar-refractivity contribution in [1.82, 2.24) is 0 Å². The molecule has 0 aromatic rings. The zero-order chi connectivity index (χ0) is 73.1. The summed E-state index contributed by atoms with van der Waals surface area (Å²) in [6.45, 7) is 66.4. The van der Waals surface area contributed by atoms with Gasteiger partial charge in [-0.25, -0.2) is 0 Å². The topological polar surface area (TPSA) is 267 Å². The van der Waals surface area contributed by atoms with Crippen LogP contribution < -0.4 is 54.3 Å². The third-order valence-corrected chi connectivity index (χ3v) is 15.9. The van der Waals surface area contributed by atoms with Crippen LogP contribution in [0.3, 0.4) is 0 Å². The van der Waals surface area contributed by atoms with Crippen molar-refractivity contribution in [1.29, 1.82) is 0 Å². The van der Waals surface area contributed by atoms with Gasteiger partial charge in [0.05, 0.1) is 118 Å². The second-order valence-corrected chi connectivity index (χ2v) is 29.4. The van der Waals surface area contributed by atoms with Crippen LogP contribution >= 0.6 is 0 Å². The van der Waals surface area contributed by atoms with Crippen LogP contribution in [0.15, 0.2) is 0 Å². The van der Waals surface area contributed by atoms with Crippen LogP contribution in [0.25, 0.3) is 0 Å². The predicted molar refractivity (Wildman–Crippen MR) is 366 cm³/mol. The Bertz CT molecular complexity index is 1230. The molecule has 0 aromatic heterocycles. The molecule has 93 heavy (non-hydrogen) atoms. The van der Waals surface area contributed by atoms with Gasteiger partial charge in [0, 0.05) is 0 Å². The van der Waals surface area contributed by atoms with Gasteiger partial charge in [0.1, 0.15) is 0 Å². The van der Waals surface area contributed by atoms with E-state index in [1.54, 1.807) is 0 Å². The molecule has 0 saturated heterocycles. The second-order valence-electron chi connectivity index (χ2n) is 25.6. The standard InChI is InChI=1S/6C12H27N.3Cr.12O/c6*1-4-7-10-13(11-8-5-2)12-9-6-3;;;;;;;;;;;;;;;/h6*4-12H2,1-3H3;;;;;;;;;;;;;;;/q;;;;;;;;;;;;;;;6*-1/p+6. The molecule has 0 saturated carbocycles. The van der Waals surface area contributed by atoms with Crippen LogP contribution in [0.2, 0.25) is 0 Å². The monoisotopic (exact) mass is 1470 g/mol.